The number of benzene rings is 1. The van der Waals surface area contributed by atoms with Gasteiger partial charge in [-0.3, -0.25) is 9.48 Å². The first kappa shape index (κ1) is 18.8. The molecule has 8 heteroatoms. The van der Waals surface area contributed by atoms with Crippen molar-refractivity contribution in [2.75, 3.05) is 0 Å². The smallest absolute Gasteiger partial charge is 0.255 e. The molecule has 1 aromatic carbocycles. The van der Waals surface area contributed by atoms with Crippen LogP contribution in [0.2, 0.25) is 0 Å². The molecule has 0 saturated heterocycles. The molecule has 4 aromatic rings. The van der Waals surface area contributed by atoms with Crippen LogP contribution >= 0.6 is 0 Å². The van der Waals surface area contributed by atoms with Crippen molar-refractivity contribution in [1.82, 2.24) is 29.8 Å². The Morgan fingerprint density at radius 3 is 2.69 bits per heavy atom. The topological polar surface area (TPSA) is 89.9 Å². The molecule has 0 aliphatic rings. The van der Waals surface area contributed by atoms with Crippen LogP contribution < -0.4 is 0 Å². The number of nitrogens with zero attached hydrogens (tertiary/aromatic N) is 6. The lowest BCUT2D eigenvalue weighted by Crippen LogP contribution is -2.37. The van der Waals surface area contributed by atoms with Crippen molar-refractivity contribution < 1.29 is 9.32 Å². The van der Waals surface area contributed by atoms with E-state index in [1.807, 2.05) is 57.4 Å². The molecule has 3 aromatic heterocycles. The average Bonchev–Trinajstić information content (AvgIpc) is 3.32. The summed E-state index contributed by atoms with van der Waals surface area (Å²) < 4.78 is 6.78. The zero-order valence-electron chi connectivity index (χ0n) is 16.8. The summed E-state index contributed by atoms with van der Waals surface area (Å²) in [4.78, 5) is 24.3. The van der Waals surface area contributed by atoms with Gasteiger partial charge in [0.15, 0.2) is 5.82 Å². The molecule has 148 valence electrons. The van der Waals surface area contributed by atoms with E-state index < -0.39 is 0 Å². The van der Waals surface area contributed by atoms with Gasteiger partial charge in [-0.1, -0.05) is 23.4 Å². The number of carbonyl (C=O) groups is 1. The number of hydrogen-bond donors (Lipinski definition) is 0. The van der Waals surface area contributed by atoms with Crippen molar-refractivity contribution in [2.24, 2.45) is 7.05 Å². The van der Waals surface area contributed by atoms with Crippen molar-refractivity contribution in [3.63, 3.8) is 0 Å². The highest BCUT2D eigenvalue weighted by atomic mass is 16.5. The third-order valence-electron chi connectivity index (χ3n) is 4.71. The maximum atomic E-state index is 13.6. The second-order valence-corrected chi connectivity index (χ2v) is 7.23. The van der Waals surface area contributed by atoms with Crippen molar-refractivity contribution in [2.45, 2.75) is 33.4 Å². The molecule has 0 aliphatic heterocycles. The van der Waals surface area contributed by atoms with E-state index in [0.717, 1.165) is 16.5 Å². The fraction of sp³-hybridized carbons (Fsp3) is 0.286. The van der Waals surface area contributed by atoms with Crippen LogP contribution in [0.3, 0.4) is 0 Å². The standard InChI is InChI=1S/C21H22N6O2/c1-13(2)27(12-20-23-14(3)29-25-20)21(28)17-9-19(15-10-22-26(4)11-15)24-18-8-6-5-7-16(17)18/h5-11,13H,12H2,1-4H3. The van der Waals surface area contributed by atoms with Crippen molar-refractivity contribution >= 4 is 16.8 Å². The minimum absolute atomic E-state index is 0.0462. The number of rotatable bonds is 5. The Morgan fingerprint density at radius 1 is 1.24 bits per heavy atom. The largest absolute Gasteiger partial charge is 0.340 e. The van der Waals surface area contributed by atoms with Crippen LogP contribution in [0.4, 0.5) is 0 Å². The van der Waals surface area contributed by atoms with Gasteiger partial charge in [0.25, 0.3) is 5.91 Å². The van der Waals surface area contributed by atoms with Crippen LogP contribution in [-0.4, -0.2) is 41.8 Å². The van der Waals surface area contributed by atoms with Gasteiger partial charge in [0.2, 0.25) is 5.89 Å². The van der Waals surface area contributed by atoms with E-state index in [1.165, 1.54) is 0 Å². The van der Waals surface area contributed by atoms with Crippen LogP contribution in [0, 0.1) is 6.92 Å². The molecule has 0 aliphatic carbocycles. The highest BCUT2D eigenvalue weighted by molar-refractivity contribution is 6.07. The van der Waals surface area contributed by atoms with Gasteiger partial charge in [0, 0.05) is 37.2 Å². The van der Waals surface area contributed by atoms with Crippen LogP contribution in [-0.2, 0) is 13.6 Å². The number of aryl methyl sites for hydroxylation is 2. The van der Waals surface area contributed by atoms with Gasteiger partial charge in [-0.25, -0.2) is 4.98 Å². The van der Waals surface area contributed by atoms with Gasteiger partial charge in [0.1, 0.15) is 0 Å². The van der Waals surface area contributed by atoms with Crippen molar-refractivity contribution in [3.8, 4) is 11.3 Å². The van der Waals surface area contributed by atoms with E-state index in [9.17, 15) is 4.79 Å². The molecule has 0 spiro atoms. The van der Waals surface area contributed by atoms with Gasteiger partial charge < -0.3 is 9.42 Å². The lowest BCUT2D eigenvalue weighted by Gasteiger charge is -2.26. The van der Waals surface area contributed by atoms with E-state index in [-0.39, 0.29) is 18.5 Å². The summed E-state index contributed by atoms with van der Waals surface area (Å²) in [5.74, 6) is 0.853. The molecular formula is C21H22N6O2. The van der Waals surface area contributed by atoms with E-state index in [0.29, 0.717) is 23.0 Å². The molecule has 3 heterocycles. The number of carbonyl (C=O) groups excluding carboxylic acids is 1. The van der Waals surface area contributed by atoms with Crippen molar-refractivity contribution in [3.05, 3.63) is 60.0 Å². The first-order valence-electron chi connectivity index (χ1n) is 9.41. The molecule has 0 bridgehead atoms. The van der Waals surface area contributed by atoms with Crippen LogP contribution in [0.1, 0.15) is 35.9 Å². The molecule has 0 N–H and O–H groups in total. The zero-order chi connectivity index (χ0) is 20.5. The molecule has 1 amide bonds. The fourth-order valence-corrected chi connectivity index (χ4v) is 3.26. The summed E-state index contributed by atoms with van der Waals surface area (Å²) in [7, 11) is 1.85. The summed E-state index contributed by atoms with van der Waals surface area (Å²) in [6.45, 7) is 5.94. The Balaban J connectivity index is 1.80. The van der Waals surface area contributed by atoms with Crippen LogP contribution in [0.15, 0.2) is 47.2 Å². The number of fused-ring (bicyclic) bond motifs is 1. The third-order valence-corrected chi connectivity index (χ3v) is 4.71. The maximum absolute atomic E-state index is 13.6. The molecule has 0 saturated carbocycles. The molecular weight excluding hydrogens is 368 g/mol. The first-order chi connectivity index (χ1) is 13.9. The second-order valence-electron chi connectivity index (χ2n) is 7.23. The highest BCUT2D eigenvalue weighted by Crippen LogP contribution is 2.26. The summed E-state index contributed by atoms with van der Waals surface area (Å²) in [5, 5.41) is 8.97. The Morgan fingerprint density at radius 2 is 2.03 bits per heavy atom. The lowest BCUT2D eigenvalue weighted by molar-refractivity contribution is 0.0685. The van der Waals surface area contributed by atoms with Gasteiger partial charge in [-0.05, 0) is 26.0 Å². The molecule has 0 fully saturated rings. The Hall–Kier alpha value is -3.55. The molecule has 0 atom stereocenters. The van der Waals surface area contributed by atoms with Gasteiger partial charge in [-0.2, -0.15) is 10.1 Å². The lowest BCUT2D eigenvalue weighted by atomic mass is 10.0. The Kier molecular flexibility index (Phi) is 4.84. The third kappa shape index (κ3) is 3.73. The molecule has 8 nitrogen and oxygen atoms in total. The normalized spacial score (nSPS) is 11.3. The summed E-state index contributed by atoms with van der Waals surface area (Å²) in [5.41, 5.74) is 2.91. The predicted octanol–water partition coefficient (Wildman–Crippen LogP) is 3.38. The van der Waals surface area contributed by atoms with E-state index >= 15 is 0 Å². The van der Waals surface area contributed by atoms with Crippen LogP contribution in [0.25, 0.3) is 22.2 Å². The van der Waals surface area contributed by atoms with Gasteiger partial charge in [-0.15, -0.1) is 0 Å². The highest BCUT2D eigenvalue weighted by Gasteiger charge is 2.24. The number of aromatic nitrogens is 5. The van der Waals surface area contributed by atoms with Crippen LogP contribution in [0.5, 0.6) is 0 Å². The average molecular weight is 390 g/mol. The van der Waals surface area contributed by atoms with E-state index in [1.54, 1.807) is 22.7 Å². The molecule has 4 rings (SSSR count). The minimum Gasteiger partial charge on any atom is -0.340 e. The van der Waals surface area contributed by atoms with E-state index in [2.05, 4.69) is 15.2 Å². The number of amides is 1. The number of hydrogen-bond acceptors (Lipinski definition) is 6. The Labute approximate surface area is 168 Å². The van der Waals surface area contributed by atoms with Crippen molar-refractivity contribution in [1.29, 1.82) is 0 Å². The summed E-state index contributed by atoms with van der Waals surface area (Å²) in [6, 6.07) is 9.44. The van der Waals surface area contributed by atoms with Gasteiger partial charge >= 0.3 is 0 Å². The molecule has 0 unspecified atom stereocenters. The molecule has 0 radical (unpaired) electrons. The molecule has 29 heavy (non-hydrogen) atoms. The zero-order valence-corrected chi connectivity index (χ0v) is 16.8. The van der Waals surface area contributed by atoms with E-state index in [4.69, 9.17) is 9.51 Å². The fourth-order valence-electron chi connectivity index (χ4n) is 3.26. The first-order valence-corrected chi connectivity index (χ1v) is 9.41. The monoisotopic (exact) mass is 390 g/mol. The number of pyridine rings is 1. The Bertz CT molecular complexity index is 1180. The maximum Gasteiger partial charge on any atom is 0.255 e. The SMILES string of the molecule is Cc1nc(CN(C(=O)c2cc(-c3cnn(C)c3)nc3ccccc23)C(C)C)no1. The predicted molar refractivity (Wildman–Crippen MR) is 108 cm³/mol. The number of para-hydroxylation sites is 1. The summed E-state index contributed by atoms with van der Waals surface area (Å²) >= 11 is 0. The summed E-state index contributed by atoms with van der Waals surface area (Å²) in [6.07, 6.45) is 3.63. The second kappa shape index (κ2) is 7.46. The minimum atomic E-state index is -0.105. The van der Waals surface area contributed by atoms with Gasteiger partial charge in [0.05, 0.1) is 29.5 Å². The quantitative estimate of drug-likeness (QED) is 0.519.